The molecule has 0 fully saturated rings. The Morgan fingerprint density at radius 3 is 2.65 bits per heavy atom. The molecule has 7 nitrogen and oxygen atoms in total. The van der Waals surface area contributed by atoms with Gasteiger partial charge in [-0.1, -0.05) is 30.3 Å². The molecule has 2 rings (SSSR count). The number of aliphatic imine (C=N–C) groups is 1. The highest BCUT2D eigenvalue weighted by atomic mass is 16.3. The first-order valence-corrected chi connectivity index (χ1v) is 7.66. The molecule has 0 spiro atoms. The number of hydrogen-bond acceptors (Lipinski definition) is 4. The molecular weight excluding hydrogens is 292 g/mol. The summed E-state index contributed by atoms with van der Waals surface area (Å²) in [6.07, 6.45) is 1.51. The molecule has 1 aromatic heterocycles. The van der Waals surface area contributed by atoms with E-state index >= 15 is 0 Å². The molecule has 1 unspecified atom stereocenters. The molecule has 7 heteroatoms. The molecule has 1 aromatic carbocycles. The summed E-state index contributed by atoms with van der Waals surface area (Å²) in [6, 6.07) is 9.57. The zero-order valence-corrected chi connectivity index (χ0v) is 13.8. The summed E-state index contributed by atoms with van der Waals surface area (Å²) in [5, 5.41) is 21.0. The van der Waals surface area contributed by atoms with Gasteiger partial charge in [-0.05, 0) is 19.4 Å². The second kappa shape index (κ2) is 7.73. The monoisotopic (exact) mass is 316 g/mol. The highest BCUT2D eigenvalue weighted by molar-refractivity contribution is 5.79. The van der Waals surface area contributed by atoms with E-state index in [1.165, 1.54) is 6.33 Å². The molecule has 0 saturated heterocycles. The highest BCUT2D eigenvalue weighted by Gasteiger charge is 2.22. The molecule has 1 atom stereocenters. The van der Waals surface area contributed by atoms with Crippen LogP contribution in [0.4, 0.5) is 0 Å². The van der Waals surface area contributed by atoms with Gasteiger partial charge >= 0.3 is 0 Å². The summed E-state index contributed by atoms with van der Waals surface area (Å²) in [7, 11) is 1.83. The number of hydrogen-bond donors (Lipinski definition) is 3. The summed E-state index contributed by atoms with van der Waals surface area (Å²) in [5.41, 5.74) is -0.126. The van der Waals surface area contributed by atoms with Crippen LogP contribution in [0.1, 0.15) is 25.2 Å². The topological polar surface area (TPSA) is 87.4 Å². The number of aliphatic hydroxyl groups is 1. The number of rotatable bonds is 6. The molecule has 23 heavy (non-hydrogen) atoms. The summed E-state index contributed by atoms with van der Waals surface area (Å²) in [5.74, 6) is 1.41. The minimum Gasteiger partial charge on any atom is -0.384 e. The normalized spacial score (nSPS) is 14.3. The summed E-state index contributed by atoms with van der Waals surface area (Å²) in [6.45, 7) is 5.27. The Balaban J connectivity index is 2.00. The van der Waals surface area contributed by atoms with Crippen molar-refractivity contribution in [1.82, 2.24) is 25.4 Å². The first-order valence-electron chi connectivity index (χ1n) is 7.66. The molecule has 0 saturated carbocycles. The Morgan fingerprint density at radius 2 is 2.04 bits per heavy atom. The van der Waals surface area contributed by atoms with Crippen LogP contribution in [0.15, 0.2) is 41.7 Å². The maximum absolute atomic E-state index is 10.6. The van der Waals surface area contributed by atoms with Gasteiger partial charge in [0, 0.05) is 13.6 Å². The number of nitrogens with zero attached hydrogens (tertiary/aromatic N) is 4. The molecule has 0 radical (unpaired) electrons. The van der Waals surface area contributed by atoms with Crippen LogP contribution in [0.25, 0.3) is 0 Å². The Kier molecular flexibility index (Phi) is 5.70. The van der Waals surface area contributed by atoms with Crippen molar-refractivity contribution < 1.29 is 5.11 Å². The second-order valence-corrected chi connectivity index (χ2v) is 5.49. The van der Waals surface area contributed by atoms with Crippen LogP contribution >= 0.6 is 0 Å². The number of nitrogens with one attached hydrogen (secondary N) is 2. The molecular formula is C16H24N6O. The van der Waals surface area contributed by atoms with Crippen molar-refractivity contribution in [3.8, 4) is 0 Å². The van der Waals surface area contributed by atoms with E-state index in [4.69, 9.17) is 0 Å². The fourth-order valence-corrected chi connectivity index (χ4v) is 2.11. The standard InChI is InChI=1S/C16H24N6O/c1-4-17-15(18-10-14-20-12-21-22(14)3)19-11-16(2,23)13-8-6-5-7-9-13/h5-9,12,23H,4,10-11H2,1-3H3,(H2,17,18,19). The van der Waals surface area contributed by atoms with Crippen LogP contribution in [0.2, 0.25) is 0 Å². The minimum absolute atomic E-state index is 0.349. The zero-order valence-electron chi connectivity index (χ0n) is 13.8. The summed E-state index contributed by atoms with van der Waals surface area (Å²) in [4.78, 5) is 8.62. The number of aromatic nitrogens is 3. The van der Waals surface area contributed by atoms with Crippen LogP contribution in [-0.2, 0) is 19.2 Å². The van der Waals surface area contributed by atoms with E-state index in [0.29, 0.717) is 19.0 Å². The van der Waals surface area contributed by atoms with Gasteiger partial charge in [0.05, 0.1) is 6.54 Å². The van der Waals surface area contributed by atoms with E-state index in [-0.39, 0.29) is 0 Å². The molecule has 1 heterocycles. The van der Waals surface area contributed by atoms with E-state index in [9.17, 15) is 5.11 Å². The van der Waals surface area contributed by atoms with Crippen molar-refractivity contribution in [3.05, 3.63) is 48.0 Å². The lowest BCUT2D eigenvalue weighted by molar-refractivity contribution is 0.0617. The predicted molar refractivity (Wildman–Crippen MR) is 89.8 cm³/mol. The van der Waals surface area contributed by atoms with E-state index in [1.54, 1.807) is 11.6 Å². The Bertz CT molecular complexity index is 635. The first kappa shape index (κ1) is 17.0. The largest absolute Gasteiger partial charge is 0.384 e. The smallest absolute Gasteiger partial charge is 0.191 e. The third-order valence-corrected chi connectivity index (χ3v) is 3.52. The average molecular weight is 316 g/mol. The number of benzene rings is 1. The maximum Gasteiger partial charge on any atom is 0.191 e. The van der Waals surface area contributed by atoms with Crippen molar-refractivity contribution in [2.24, 2.45) is 12.0 Å². The quantitative estimate of drug-likeness (QED) is 0.541. The van der Waals surface area contributed by atoms with Gasteiger partial charge in [-0.2, -0.15) is 5.10 Å². The predicted octanol–water partition coefficient (Wildman–Crippen LogP) is 0.778. The molecule has 0 aliphatic rings. The van der Waals surface area contributed by atoms with Crippen LogP contribution in [0.5, 0.6) is 0 Å². The van der Waals surface area contributed by atoms with Crippen LogP contribution in [-0.4, -0.2) is 38.9 Å². The van der Waals surface area contributed by atoms with Crippen molar-refractivity contribution >= 4 is 5.96 Å². The fraction of sp³-hybridized carbons (Fsp3) is 0.438. The summed E-state index contributed by atoms with van der Waals surface area (Å²) < 4.78 is 1.69. The Morgan fingerprint density at radius 1 is 1.30 bits per heavy atom. The van der Waals surface area contributed by atoms with Gasteiger partial charge in [0.15, 0.2) is 5.96 Å². The van der Waals surface area contributed by atoms with Gasteiger partial charge in [-0.3, -0.25) is 4.68 Å². The minimum atomic E-state index is -0.984. The van der Waals surface area contributed by atoms with Crippen molar-refractivity contribution in [2.45, 2.75) is 26.0 Å². The molecule has 2 aromatic rings. The first-order chi connectivity index (χ1) is 11.0. The van der Waals surface area contributed by atoms with E-state index in [1.807, 2.05) is 44.3 Å². The lowest BCUT2D eigenvalue weighted by Gasteiger charge is -2.25. The van der Waals surface area contributed by atoms with Crippen molar-refractivity contribution in [1.29, 1.82) is 0 Å². The zero-order chi connectivity index (χ0) is 16.7. The third-order valence-electron chi connectivity index (χ3n) is 3.52. The van der Waals surface area contributed by atoms with Gasteiger partial charge in [0.2, 0.25) is 0 Å². The molecule has 124 valence electrons. The molecule has 0 amide bonds. The van der Waals surface area contributed by atoms with E-state index in [2.05, 4.69) is 25.7 Å². The van der Waals surface area contributed by atoms with Crippen LogP contribution in [0.3, 0.4) is 0 Å². The van der Waals surface area contributed by atoms with Crippen molar-refractivity contribution in [3.63, 3.8) is 0 Å². The van der Waals surface area contributed by atoms with E-state index in [0.717, 1.165) is 17.9 Å². The molecule has 0 aliphatic carbocycles. The van der Waals surface area contributed by atoms with Gasteiger partial charge in [-0.15, -0.1) is 0 Å². The van der Waals surface area contributed by atoms with Gasteiger partial charge in [0.1, 0.15) is 24.3 Å². The molecule has 0 aliphatic heterocycles. The Labute approximate surface area is 136 Å². The maximum atomic E-state index is 10.6. The Hall–Kier alpha value is -2.41. The molecule has 0 bridgehead atoms. The number of guanidine groups is 1. The van der Waals surface area contributed by atoms with Gasteiger partial charge < -0.3 is 15.7 Å². The van der Waals surface area contributed by atoms with Crippen molar-refractivity contribution in [2.75, 3.05) is 13.1 Å². The number of aryl methyl sites for hydroxylation is 1. The lowest BCUT2D eigenvalue weighted by atomic mass is 9.96. The fourth-order valence-electron chi connectivity index (χ4n) is 2.11. The lowest BCUT2D eigenvalue weighted by Crippen LogP contribution is -2.44. The van der Waals surface area contributed by atoms with Gasteiger partial charge in [-0.25, -0.2) is 9.98 Å². The van der Waals surface area contributed by atoms with Crippen LogP contribution < -0.4 is 10.6 Å². The van der Waals surface area contributed by atoms with E-state index < -0.39 is 5.60 Å². The van der Waals surface area contributed by atoms with Crippen LogP contribution in [0, 0.1) is 0 Å². The summed E-state index contributed by atoms with van der Waals surface area (Å²) >= 11 is 0. The third kappa shape index (κ3) is 4.79. The molecule has 3 N–H and O–H groups in total. The average Bonchev–Trinajstić information content (AvgIpc) is 2.96. The second-order valence-electron chi connectivity index (χ2n) is 5.49. The SMILES string of the molecule is CCNC(=NCc1ncnn1C)NCC(C)(O)c1ccccc1. The van der Waals surface area contributed by atoms with Gasteiger partial charge in [0.25, 0.3) is 0 Å². The highest BCUT2D eigenvalue weighted by Crippen LogP contribution is 2.18.